The van der Waals surface area contributed by atoms with Gasteiger partial charge in [0.25, 0.3) is 0 Å². The molecule has 2 rings (SSSR count). The minimum absolute atomic E-state index is 0.0256. The van der Waals surface area contributed by atoms with E-state index in [1.54, 1.807) is 6.20 Å². The molecule has 0 unspecified atom stereocenters. The second-order valence-electron chi connectivity index (χ2n) is 4.69. The number of aromatic nitrogens is 1. The number of carbonyl (C=O) groups excluding carboxylic acids is 1. The summed E-state index contributed by atoms with van der Waals surface area (Å²) in [6.07, 6.45) is 2.86. The van der Waals surface area contributed by atoms with Crippen LogP contribution >= 0.6 is 0 Å². The minimum atomic E-state index is 0.0256. The summed E-state index contributed by atoms with van der Waals surface area (Å²) in [7, 11) is 0. The van der Waals surface area contributed by atoms with E-state index in [0.717, 1.165) is 16.9 Å². The molecule has 0 atom stereocenters. The SMILES string of the molecule is Cc1ccc(NC(=O)CCc2ccccn2)c(C)c1. The van der Waals surface area contributed by atoms with Gasteiger partial charge in [0.15, 0.2) is 0 Å². The van der Waals surface area contributed by atoms with Crippen molar-refractivity contribution in [3.63, 3.8) is 0 Å². The Labute approximate surface area is 113 Å². The zero-order valence-electron chi connectivity index (χ0n) is 11.3. The molecule has 2 aromatic rings. The number of nitrogens with zero attached hydrogens (tertiary/aromatic N) is 1. The van der Waals surface area contributed by atoms with Crippen molar-refractivity contribution in [2.75, 3.05) is 5.32 Å². The molecule has 1 N–H and O–H groups in total. The fraction of sp³-hybridized carbons (Fsp3) is 0.250. The fourth-order valence-corrected chi connectivity index (χ4v) is 1.95. The highest BCUT2D eigenvalue weighted by atomic mass is 16.1. The first-order valence-corrected chi connectivity index (χ1v) is 6.42. The topological polar surface area (TPSA) is 42.0 Å². The molecule has 0 aliphatic rings. The minimum Gasteiger partial charge on any atom is -0.326 e. The Morgan fingerprint density at radius 3 is 2.74 bits per heavy atom. The van der Waals surface area contributed by atoms with Crippen molar-refractivity contribution in [2.24, 2.45) is 0 Å². The van der Waals surface area contributed by atoms with Crippen LogP contribution in [0.2, 0.25) is 0 Å². The molecule has 1 heterocycles. The summed E-state index contributed by atoms with van der Waals surface area (Å²) in [5, 5.41) is 2.94. The van der Waals surface area contributed by atoms with Gasteiger partial charge in [0.05, 0.1) is 0 Å². The number of hydrogen-bond acceptors (Lipinski definition) is 2. The van der Waals surface area contributed by atoms with Crippen molar-refractivity contribution in [1.29, 1.82) is 0 Å². The van der Waals surface area contributed by atoms with Crippen molar-refractivity contribution in [2.45, 2.75) is 26.7 Å². The van der Waals surface area contributed by atoms with Crippen LogP contribution in [0.1, 0.15) is 23.2 Å². The first-order valence-electron chi connectivity index (χ1n) is 6.42. The number of amides is 1. The zero-order valence-corrected chi connectivity index (χ0v) is 11.3. The van der Waals surface area contributed by atoms with Crippen LogP contribution in [0, 0.1) is 13.8 Å². The number of aryl methyl sites for hydroxylation is 3. The molecule has 0 fully saturated rings. The molecule has 0 radical (unpaired) electrons. The maximum Gasteiger partial charge on any atom is 0.224 e. The summed E-state index contributed by atoms with van der Waals surface area (Å²) in [5.74, 6) is 0.0256. The van der Waals surface area contributed by atoms with Gasteiger partial charge in [-0.25, -0.2) is 0 Å². The van der Waals surface area contributed by atoms with Crippen LogP contribution in [0.25, 0.3) is 0 Å². The van der Waals surface area contributed by atoms with Crippen LogP contribution in [-0.2, 0) is 11.2 Å². The molecule has 19 heavy (non-hydrogen) atoms. The molecule has 0 bridgehead atoms. The second-order valence-corrected chi connectivity index (χ2v) is 4.69. The van der Waals surface area contributed by atoms with E-state index in [-0.39, 0.29) is 5.91 Å². The molecule has 0 saturated carbocycles. The van der Waals surface area contributed by atoms with Gasteiger partial charge in [0.1, 0.15) is 0 Å². The largest absolute Gasteiger partial charge is 0.326 e. The third kappa shape index (κ3) is 3.91. The van der Waals surface area contributed by atoms with Crippen molar-refractivity contribution in [3.05, 3.63) is 59.4 Å². The van der Waals surface area contributed by atoms with Gasteiger partial charge in [-0.1, -0.05) is 23.8 Å². The van der Waals surface area contributed by atoms with E-state index < -0.39 is 0 Å². The van der Waals surface area contributed by atoms with Crippen LogP contribution in [0.3, 0.4) is 0 Å². The summed E-state index contributed by atoms with van der Waals surface area (Å²) in [6.45, 7) is 4.04. The number of carbonyl (C=O) groups is 1. The van der Waals surface area contributed by atoms with Crippen LogP contribution in [0.5, 0.6) is 0 Å². The lowest BCUT2D eigenvalue weighted by atomic mass is 10.1. The lowest BCUT2D eigenvalue weighted by molar-refractivity contribution is -0.116. The average molecular weight is 254 g/mol. The second kappa shape index (κ2) is 6.14. The van der Waals surface area contributed by atoms with E-state index in [9.17, 15) is 4.79 Å². The highest BCUT2D eigenvalue weighted by molar-refractivity contribution is 5.91. The molecule has 1 aromatic heterocycles. The van der Waals surface area contributed by atoms with Crippen molar-refractivity contribution in [3.8, 4) is 0 Å². The summed E-state index contributed by atoms with van der Waals surface area (Å²) in [6, 6.07) is 11.8. The monoisotopic (exact) mass is 254 g/mol. The Hall–Kier alpha value is -2.16. The van der Waals surface area contributed by atoms with Gasteiger partial charge in [-0.2, -0.15) is 0 Å². The molecule has 0 aliphatic heterocycles. The third-order valence-electron chi connectivity index (χ3n) is 2.99. The predicted octanol–water partition coefficient (Wildman–Crippen LogP) is 3.27. The van der Waals surface area contributed by atoms with Crippen LogP contribution in [0.4, 0.5) is 5.69 Å². The molecule has 1 amide bonds. The van der Waals surface area contributed by atoms with E-state index in [1.807, 2.05) is 44.2 Å². The molecule has 3 heteroatoms. The first-order chi connectivity index (χ1) is 9.15. The van der Waals surface area contributed by atoms with Gasteiger partial charge in [-0.05, 0) is 44.0 Å². The highest BCUT2D eigenvalue weighted by Gasteiger charge is 2.05. The van der Waals surface area contributed by atoms with E-state index >= 15 is 0 Å². The number of anilines is 1. The van der Waals surface area contributed by atoms with Gasteiger partial charge < -0.3 is 5.32 Å². The van der Waals surface area contributed by atoms with Crippen molar-refractivity contribution >= 4 is 11.6 Å². The Morgan fingerprint density at radius 1 is 1.21 bits per heavy atom. The maximum atomic E-state index is 11.9. The van der Waals surface area contributed by atoms with E-state index in [4.69, 9.17) is 0 Å². The molecule has 3 nitrogen and oxygen atoms in total. The Bertz CT molecular complexity index is 564. The van der Waals surface area contributed by atoms with Gasteiger partial charge >= 0.3 is 0 Å². The predicted molar refractivity (Wildman–Crippen MR) is 77.1 cm³/mol. The van der Waals surface area contributed by atoms with Gasteiger partial charge in [-0.3, -0.25) is 9.78 Å². The van der Waals surface area contributed by atoms with E-state index in [0.29, 0.717) is 12.8 Å². The summed E-state index contributed by atoms with van der Waals surface area (Å²) < 4.78 is 0. The van der Waals surface area contributed by atoms with Crippen molar-refractivity contribution < 1.29 is 4.79 Å². The number of benzene rings is 1. The molecular formula is C16H18N2O. The Morgan fingerprint density at radius 2 is 2.05 bits per heavy atom. The molecule has 98 valence electrons. The Kier molecular flexibility index (Phi) is 4.29. The first kappa shape index (κ1) is 13.3. The lowest BCUT2D eigenvalue weighted by Crippen LogP contribution is -2.13. The maximum absolute atomic E-state index is 11.9. The average Bonchev–Trinajstić information content (AvgIpc) is 2.41. The number of nitrogens with one attached hydrogen (secondary N) is 1. The van der Waals surface area contributed by atoms with E-state index in [2.05, 4.69) is 16.4 Å². The van der Waals surface area contributed by atoms with Gasteiger partial charge in [-0.15, -0.1) is 0 Å². The smallest absolute Gasteiger partial charge is 0.224 e. The molecule has 1 aromatic carbocycles. The summed E-state index contributed by atoms with van der Waals surface area (Å²) in [5.41, 5.74) is 4.12. The quantitative estimate of drug-likeness (QED) is 0.909. The molecule has 0 aliphatic carbocycles. The van der Waals surface area contributed by atoms with Gasteiger partial charge in [0.2, 0.25) is 5.91 Å². The number of rotatable bonds is 4. The van der Waals surface area contributed by atoms with Crippen LogP contribution in [0.15, 0.2) is 42.6 Å². The third-order valence-corrected chi connectivity index (χ3v) is 2.99. The van der Waals surface area contributed by atoms with Crippen LogP contribution in [-0.4, -0.2) is 10.9 Å². The highest BCUT2D eigenvalue weighted by Crippen LogP contribution is 2.16. The number of pyridine rings is 1. The summed E-state index contributed by atoms with van der Waals surface area (Å²) >= 11 is 0. The molecule has 0 spiro atoms. The van der Waals surface area contributed by atoms with E-state index in [1.165, 1.54) is 5.56 Å². The lowest BCUT2D eigenvalue weighted by Gasteiger charge is -2.09. The van der Waals surface area contributed by atoms with Crippen molar-refractivity contribution in [1.82, 2.24) is 4.98 Å². The summed E-state index contributed by atoms with van der Waals surface area (Å²) in [4.78, 5) is 16.1. The number of hydrogen-bond donors (Lipinski definition) is 1. The Balaban J connectivity index is 1.91. The molecular weight excluding hydrogens is 236 g/mol. The standard InChI is InChI=1S/C16H18N2O/c1-12-6-8-15(13(2)11-12)18-16(19)9-7-14-5-3-4-10-17-14/h3-6,8,10-11H,7,9H2,1-2H3,(H,18,19). The van der Waals surface area contributed by atoms with Gasteiger partial charge in [0, 0.05) is 24.0 Å². The normalized spacial score (nSPS) is 10.2. The van der Waals surface area contributed by atoms with Crippen LogP contribution < -0.4 is 5.32 Å². The fourth-order valence-electron chi connectivity index (χ4n) is 1.95. The zero-order chi connectivity index (χ0) is 13.7. The molecule has 0 saturated heterocycles.